The molecule has 2 amide bonds. The normalized spacial score (nSPS) is 10.9. The predicted octanol–water partition coefficient (Wildman–Crippen LogP) is 3.44. The van der Waals surface area contributed by atoms with Gasteiger partial charge in [-0.1, -0.05) is 47.6 Å². The third kappa shape index (κ3) is 5.90. The number of nitrogens with one attached hydrogen (secondary N) is 2. The number of alkyl carbamates (subject to hydrolysis) is 1. The maximum atomic E-state index is 12.3. The molecule has 0 bridgehead atoms. The Balaban J connectivity index is 1.52. The number of aromatic nitrogens is 1. The Bertz CT molecular complexity index is 1010. The van der Waals surface area contributed by atoms with E-state index >= 15 is 0 Å². The first kappa shape index (κ1) is 20.5. The highest BCUT2D eigenvalue weighted by Crippen LogP contribution is 2.10. The summed E-state index contributed by atoms with van der Waals surface area (Å²) >= 11 is 0. The van der Waals surface area contributed by atoms with E-state index in [1.807, 2.05) is 30.3 Å². The lowest BCUT2D eigenvalue weighted by atomic mass is 10.1. The van der Waals surface area contributed by atoms with Gasteiger partial charge in [0.05, 0.1) is 6.54 Å². The van der Waals surface area contributed by atoms with E-state index < -0.39 is 6.09 Å². The predicted molar refractivity (Wildman–Crippen MR) is 112 cm³/mol. The number of oxime groups is 1. The highest BCUT2D eigenvalue weighted by Gasteiger charge is 2.11. The summed E-state index contributed by atoms with van der Waals surface area (Å²) in [6.45, 7) is 0.103. The minimum atomic E-state index is -0.631. The van der Waals surface area contributed by atoms with Crippen molar-refractivity contribution >= 4 is 23.4 Å². The maximum absolute atomic E-state index is 12.3. The highest BCUT2D eigenvalue weighted by molar-refractivity contribution is 6.06. The van der Waals surface area contributed by atoms with Gasteiger partial charge in [-0.15, -0.1) is 0 Å². The lowest BCUT2D eigenvalue weighted by molar-refractivity contribution is 0.102. The molecule has 1 heterocycles. The van der Waals surface area contributed by atoms with Crippen LogP contribution in [0.4, 0.5) is 10.5 Å². The Labute approximate surface area is 173 Å². The monoisotopic (exact) mass is 404 g/mol. The van der Waals surface area contributed by atoms with Gasteiger partial charge in [-0.05, 0) is 29.8 Å². The van der Waals surface area contributed by atoms with Crippen LogP contribution < -0.4 is 10.6 Å². The van der Waals surface area contributed by atoms with Gasteiger partial charge >= 0.3 is 6.09 Å². The van der Waals surface area contributed by atoms with Crippen LogP contribution in [0.25, 0.3) is 0 Å². The molecular weight excluding hydrogens is 384 g/mol. The second-order valence-electron chi connectivity index (χ2n) is 6.23. The summed E-state index contributed by atoms with van der Waals surface area (Å²) in [7, 11) is 0. The van der Waals surface area contributed by atoms with Crippen molar-refractivity contribution in [3.8, 4) is 0 Å². The van der Waals surface area contributed by atoms with Crippen molar-refractivity contribution in [2.75, 3.05) is 11.9 Å². The van der Waals surface area contributed by atoms with Gasteiger partial charge in [0.1, 0.15) is 12.3 Å². The van der Waals surface area contributed by atoms with Gasteiger partial charge in [0.2, 0.25) is 0 Å². The van der Waals surface area contributed by atoms with E-state index in [1.165, 1.54) is 0 Å². The second-order valence-corrected chi connectivity index (χ2v) is 6.23. The van der Waals surface area contributed by atoms with Gasteiger partial charge in [0.25, 0.3) is 5.91 Å². The Hall–Kier alpha value is -4.20. The first-order chi connectivity index (χ1) is 14.7. The molecule has 0 saturated carbocycles. The summed E-state index contributed by atoms with van der Waals surface area (Å²) in [5, 5.41) is 17.8. The molecule has 3 aromatic rings. The molecule has 8 nitrogen and oxygen atoms in total. The maximum Gasteiger partial charge on any atom is 0.407 e. The third-order valence-corrected chi connectivity index (χ3v) is 4.15. The van der Waals surface area contributed by atoms with Crippen molar-refractivity contribution in [2.24, 2.45) is 5.16 Å². The van der Waals surface area contributed by atoms with E-state index in [1.54, 1.807) is 48.8 Å². The fourth-order valence-electron chi connectivity index (χ4n) is 2.58. The van der Waals surface area contributed by atoms with Crippen LogP contribution in [0, 0.1) is 0 Å². The van der Waals surface area contributed by atoms with Crippen molar-refractivity contribution in [1.29, 1.82) is 0 Å². The standard InChI is InChI=1S/C22H20N4O4/c27-21(25-19-10-12-23-13-11-19)18-8-6-17(7-9-18)20(26-29)14-24-22(28)30-15-16-4-2-1-3-5-16/h1-13,29H,14-15H2,(H,24,28)(H,23,25,27)/b26-20-. The zero-order chi connectivity index (χ0) is 21.2. The number of nitrogens with zero attached hydrogens (tertiary/aromatic N) is 2. The first-order valence-corrected chi connectivity index (χ1v) is 9.13. The molecule has 30 heavy (non-hydrogen) atoms. The summed E-state index contributed by atoms with van der Waals surface area (Å²) in [5.41, 5.74) is 2.72. The molecule has 0 aliphatic heterocycles. The van der Waals surface area contributed by atoms with Crippen LogP contribution in [0.1, 0.15) is 21.5 Å². The van der Waals surface area contributed by atoms with Crippen molar-refractivity contribution in [2.45, 2.75) is 6.61 Å². The van der Waals surface area contributed by atoms with Crippen LogP contribution in [0.5, 0.6) is 0 Å². The van der Waals surface area contributed by atoms with E-state index in [0.717, 1.165) is 5.56 Å². The zero-order valence-electron chi connectivity index (χ0n) is 16.0. The minimum absolute atomic E-state index is 0.0350. The molecule has 3 N–H and O–H groups in total. The zero-order valence-corrected chi connectivity index (χ0v) is 16.0. The summed E-state index contributed by atoms with van der Waals surface area (Å²) < 4.78 is 5.12. The summed E-state index contributed by atoms with van der Waals surface area (Å²) in [5.74, 6) is -0.280. The molecule has 0 saturated heterocycles. The molecule has 8 heteroatoms. The lowest BCUT2D eigenvalue weighted by Gasteiger charge is -2.09. The van der Waals surface area contributed by atoms with Crippen LogP contribution in [-0.4, -0.2) is 34.4 Å². The fraction of sp³-hybridized carbons (Fsp3) is 0.0909. The Morgan fingerprint density at radius 3 is 2.27 bits per heavy atom. The number of anilines is 1. The van der Waals surface area contributed by atoms with Gasteiger partial charge in [-0.2, -0.15) is 0 Å². The smallest absolute Gasteiger partial charge is 0.407 e. The molecule has 0 unspecified atom stereocenters. The van der Waals surface area contributed by atoms with Crippen molar-refractivity contribution in [3.63, 3.8) is 0 Å². The average molecular weight is 404 g/mol. The first-order valence-electron chi connectivity index (χ1n) is 9.13. The average Bonchev–Trinajstić information content (AvgIpc) is 2.80. The Morgan fingerprint density at radius 2 is 1.60 bits per heavy atom. The van der Waals surface area contributed by atoms with E-state index in [0.29, 0.717) is 16.8 Å². The summed E-state index contributed by atoms with van der Waals surface area (Å²) in [6.07, 6.45) is 2.54. The van der Waals surface area contributed by atoms with Crippen LogP contribution in [0.3, 0.4) is 0 Å². The van der Waals surface area contributed by atoms with E-state index in [4.69, 9.17) is 4.74 Å². The number of carbonyl (C=O) groups excluding carboxylic acids is 2. The number of hydrogen-bond acceptors (Lipinski definition) is 6. The molecule has 0 radical (unpaired) electrons. The van der Waals surface area contributed by atoms with Crippen molar-refractivity contribution in [1.82, 2.24) is 10.3 Å². The number of pyridine rings is 1. The van der Waals surface area contributed by atoms with Gasteiger partial charge in [0, 0.05) is 29.2 Å². The molecular formula is C22H20N4O4. The van der Waals surface area contributed by atoms with Gasteiger partial charge in [-0.25, -0.2) is 4.79 Å². The topological polar surface area (TPSA) is 113 Å². The van der Waals surface area contributed by atoms with Gasteiger partial charge < -0.3 is 20.6 Å². The molecule has 0 spiro atoms. The molecule has 0 aliphatic rings. The quantitative estimate of drug-likeness (QED) is 0.317. The molecule has 0 atom stereocenters. The number of benzene rings is 2. The molecule has 2 aromatic carbocycles. The minimum Gasteiger partial charge on any atom is -0.445 e. The van der Waals surface area contributed by atoms with Gasteiger partial charge in [-0.3, -0.25) is 9.78 Å². The van der Waals surface area contributed by atoms with Crippen molar-refractivity contribution < 1.29 is 19.5 Å². The summed E-state index contributed by atoms with van der Waals surface area (Å²) in [6, 6.07) is 19.1. The molecule has 152 valence electrons. The number of ether oxygens (including phenoxy) is 1. The van der Waals surface area contributed by atoms with E-state index in [2.05, 4.69) is 20.8 Å². The Morgan fingerprint density at radius 1 is 0.933 bits per heavy atom. The van der Waals surface area contributed by atoms with Crippen LogP contribution >= 0.6 is 0 Å². The molecule has 0 aliphatic carbocycles. The number of carbonyl (C=O) groups is 2. The second kappa shape index (κ2) is 10.4. The number of rotatable bonds is 7. The molecule has 3 rings (SSSR count). The van der Waals surface area contributed by atoms with Crippen LogP contribution in [-0.2, 0) is 11.3 Å². The lowest BCUT2D eigenvalue weighted by Crippen LogP contribution is -2.30. The fourth-order valence-corrected chi connectivity index (χ4v) is 2.58. The highest BCUT2D eigenvalue weighted by atomic mass is 16.5. The number of amides is 2. The molecule has 1 aromatic heterocycles. The number of hydrogen-bond donors (Lipinski definition) is 3. The van der Waals surface area contributed by atoms with Crippen LogP contribution in [0.2, 0.25) is 0 Å². The van der Waals surface area contributed by atoms with E-state index in [-0.39, 0.29) is 24.8 Å². The van der Waals surface area contributed by atoms with Crippen molar-refractivity contribution in [3.05, 3.63) is 95.8 Å². The van der Waals surface area contributed by atoms with Gasteiger partial charge in [0.15, 0.2) is 0 Å². The van der Waals surface area contributed by atoms with Crippen LogP contribution in [0.15, 0.2) is 84.3 Å². The third-order valence-electron chi connectivity index (χ3n) is 4.15. The largest absolute Gasteiger partial charge is 0.445 e. The molecule has 0 fully saturated rings. The summed E-state index contributed by atoms with van der Waals surface area (Å²) in [4.78, 5) is 28.0. The van der Waals surface area contributed by atoms with E-state index in [9.17, 15) is 14.8 Å². The SMILES string of the molecule is O=C(NC/C(=N/O)c1ccc(C(=O)Nc2ccncc2)cc1)OCc1ccccc1. The Kier molecular flexibility index (Phi) is 7.10.